The summed E-state index contributed by atoms with van der Waals surface area (Å²) in [6.07, 6.45) is 6.88. The fourth-order valence-corrected chi connectivity index (χ4v) is 3.20. The number of rotatable bonds is 2. The van der Waals surface area contributed by atoms with Crippen LogP contribution in [0.3, 0.4) is 0 Å². The van der Waals surface area contributed by atoms with E-state index >= 15 is 0 Å². The lowest BCUT2D eigenvalue weighted by Gasteiger charge is -2.26. The first-order valence-corrected chi connectivity index (χ1v) is 9.17. The van der Waals surface area contributed by atoms with Crippen molar-refractivity contribution in [3.05, 3.63) is 54.2 Å². The van der Waals surface area contributed by atoms with Gasteiger partial charge in [0, 0.05) is 55.0 Å². The summed E-state index contributed by atoms with van der Waals surface area (Å²) in [5.41, 5.74) is 3.04. The summed E-state index contributed by atoms with van der Waals surface area (Å²) < 4.78 is 13.2. The molecule has 1 saturated heterocycles. The molecule has 3 heterocycles. The van der Waals surface area contributed by atoms with Gasteiger partial charge in [0.15, 0.2) is 0 Å². The molecule has 1 amide bonds. The molecule has 0 bridgehead atoms. The van der Waals surface area contributed by atoms with Gasteiger partial charge in [0.25, 0.3) is 11.9 Å². The first-order chi connectivity index (χ1) is 13.4. The minimum absolute atomic E-state index is 0.0526. The molecule has 0 radical (unpaired) electrons. The van der Waals surface area contributed by atoms with Gasteiger partial charge >= 0.3 is 0 Å². The highest BCUT2D eigenvalue weighted by atomic mass is 19.1. The van der Waals surface area contributed by atoms with Gasteiger partial charge in [-0.05, 0) is 43.5 Å². The second-order valence-corrected chi connectivity index (χ2v) is 6.73. The molecule has 4 rings (SSSR count). The second kappa shape index (κ2) is 8.65. The molecular formula is C21H22FN3O3. The summed E-state index contributed by atoms with van der Waals surface area (Å²) in [6.45, 7) is 2.74. The van der Waals surface area contributed by atoms with Crippen molar-refractivity contribution in [2.24, 2.45) is 0 Å². The topological polar surface area (TPSA) is 86.3 Å². The van der Waals surface area contributed by atoms with Crippen LogP contribution in [0.15, 0.2) is 42.7 Å². The molecule has 3 aromatic rings. The van der Waals surface area contributed by atoms with E-state index in [9.17, 15) is 9.18 Å². The Balaban J connectivity index is 0.000000516. The molecule has 1 fully saturated rings. The Morgan fingerprint density at radius 2 is 1.82 bits per heavy atom. The highest BCUT2D eigenvalue weighted by Crippen LogP contribution is 2.24. The smallest absolute Gasteiger partial charge is 0.300 e. The van der Waals surface area contributed by atoms with Gasteiger partial charge in [-0.15, -0.1) is 0 Å². The summed E-state index contributed by atoms with van der Waals surface area (Å²) in [5.74, 6) is -1.07. The van der Waals surface area contributed by atoms with Gasteiger partial charge in [0.2, 0.25) is 0 Å². The molecule has 2 N–H and O–H groups in total. The second-order valence-electron chi connectivity index (χ2n) is 6.73. The first kappa shape index (κ1) is 19.5. The number of amides is 1. The summed E-state index contributed by atoms with van der Waals surface area (Å²) in [7, 11) is 0. The molecule has 0 saturated carbocycles. The third kappa shape index (κ3) is 4.73. The van der Waals surface area contributed by atoms with Crippen molar-refractivity contribution in [2.75, 3.05) is 13.1 Å². The van der Waals surface area contributed by atoms with Crippen LogP contribution in [-0.4, -0.2) is 44.9 Å². The van der Waals surface area contributed by atoms with Gasteiger partial charge in [-0.3, -0.25) is 14.6 Å². The van der Waals surface area contributed by atoms with E-state index < -0.39 is 5.97 Å². The van der Waals surface area contributed by atoms with Crippen molar-refractivity contribution in [2.45, 2.75) is 26.2 Å². The predicted molar refractivity (Wildman–Crippen MR) is 105 cm³/mol. The van der Waals surface area contributed by atoms with Crippen LogP contribution in [0, 0.1) is 5.82 Å². The number of likely N-dealkylation sites (tertiary alicyclic amines) is 1. The number of halogens is 1. The number of carbonyl (C=O) groups excluding carboxylic acids is 1. The van der Waals surface area contributed by atoms with Crippen molar-refractivity contribution in [1.82, 2.24) is 14.9 Å². The lowest BCUT2D eigenvalue weighted by Crippen LogP contribution is -2.35. The largest absolute Gasteiger partial charge is 0.481 e. The summed E-state index contributed by atoms with van der Waals surface area (Å²) in [6, 6.07) is 8.38. The molecule has 1 aliphatic heterocycles. The number of carboxylic acids is 1. The van der Waals surface area contributed by atoms with Gasteiger partial charge < -0.3 is 15.0 Å². The van der Waals surface area contributed by atoms with Gasteiger partial charge in [0.05, 0.1) is 5.52 Å². The van der Waals surface area contributed by atoms with Crippen molar-refractivity contribution in [1.29, 1.82) is 0 Å². The number of fused-ring (bicyclic) bond motifs is 1. The number of aliphatic carboxylic acids is 1. The van der Waals surface area contributed by atoms with Crippen molar-refractivity contribution in [3.8, 4) is 11.1 Å². The van der Waals surface area contributed by atoms with E-state index in [0.717, 1.165) is 49.4 Å². The van der Waals surface area contributed by atoms with E-state index in [-0.39, 0.29) is 11.7 Å². The van der Waals surface area contributed by atoms with E-state index in [2.05, 4.69) is 9.97 Å². The lowest BCUT2D eigenvalue weighted by atomic mass is 10.1. The molecule has 2 aromatic heterocycles. The zero-order valence-corrected chi connectivity index (χ0v) is 15.6. The number of pyridine rings is 1. The Bertz CT molecular complexity index is 989. The van der Waals surface area contributed by atoms with Crippen LogP contribution in [0.25, 0.3) is 22.0 Å². The third-order valence-corrected chi connectivity index (χ3v) is 4.54. The number of H-pyrrole nitrogens is 1. The number of nitrogens with zero attached hydrogens (tertiary/aromatic N) is 2. The van der Waals surface area contributed by atoms with E-state index in [4.69, 9.17) is 9.90 Å². The van der Waals surface area contributed by atoms with Crippen LogP contribution in [0.1, 0.15) is 36.7 Å². The number of aromatic nitrogens is 2. The molecule has 7 heteroatoms. The molecule has 0 aliphatic carbocycles. The average molecular weight is 383 g/mol. The molecule has 1 aromatic carbocycles. The van der Waals surface area contributed by atoms with Gasteiger partial charge in [-0.1, -0.05) is 0 Å². The maximum Gasteiger partial charge on any atom is 0.300 e. The maximum absolute atomic E-state index is 13.2. The zero-order chi connectivity index (χ0) is 20.1. The molecule has 146 valence electrons. The Kier molecular flexibility index (Phi) is 6.03. The van der Waals surface area contributed by atoms with Crippen LogP contribution in [0.5, 0.6) is 0 Å². The number of hydrogen-bond acceptors (Lipinski definition) is 3. The number of hydrogen-bond donors (Lipinski definition) is 2. The van der Waals surface area contributed by atoms with Crippen molar-refractivity contribution >= 4 is 22.8 Å². The molecule has 0 unspecified atom stereocenters. The van der Waals surface area contributed by atoms with Gasteiger partial charge in [0.1, 0.15) is 11.5 Å². The maximum atomic E-state index is 13.2. The molecule has 28 heavy (non-hydrogen) atoms. The monoisotopic (exact) mass is 383 g/mol. The van der Waals surface area contributed by atoms with Crippen LogP contribution in [0.2, 0.25) is 0 Å². The number of carbonyl (C=O) groups is 2. The van der Waals surface area contributed by atoms with Crippen LogP contribution < -0.4 is 0 Å². The number of benzene rings is 1. The molecule has 1 aliphatic rings. The predicted octanol–water partition coefficient (Wildman–Crippen LogP) is 4.09. The fraction of sp³-hybridized carbons (Fsp3) is 0.286. The first-order valence-electron chi connectivity index (χ1n) is 9.17. The summed E-state index contributed by atoms with van der Waals surface area (Å²) >= 11 is 0. The minimum atomic E-state index is -0.833. The molecule has 6 nitrogen and oxygen atoms in total. The van der Waals surface area contributed by atoms with Crippen molar-refractivity contribution < 1.29 is 19.1 Å². The molecule has 0 spiro atoms. The van der Waals surface area contributed by atoms with E-state index in [1.54, 1.807) is 12.3 Å². The van der Waals surface area contributed by atoms with E-state index in [1.807, 2.05) is 23.2 Å². The standard InChI is InChI=1S/C19H18FN3O.C2H4O2/c20-16-5-4-13-8-14(11-21-17(13)10-16)15-9-18(22-12-15)19(24)23-6-2-1-3-7-23;1-2(3)4/h4-5,8-12,22H,1-3,6-7H2;1H3,(H,3,4). The summed E-state index contributed by atoms with van der Waals surface area (Å²) in [5, 5.41) is 8.29. The van der Waals surface area contributed by atoms with E-state index in [0.29, 0.717) is 11.2 Å². The number of aromatic amines is 1. The summed E-state index contributed by atoms with van der Waals surface area (Å²) in [4.78, 5) is 30.8. The number of carboxylic acid groups (broad SMARTS) is 1. The van der Waals surface area contributed by atoms with Gasteiger partial charge in [-0.2, -0.15) is 0 Å². The van der Waals surface area contributed by atoms with Crippen LogP contribution >= 0.6 is 0 Å². The minimum Gasteiger partial charge on any atom is -0.481 e. The van der Waals surface area contributed by atoms with E-state index in [1.165, 1.54) is 18.6 Å². The van der Waals surface area contributed by atoms with Crippen LogP contribution in [0.4, 0.5) is 4.39 Å². The number of nitrogens with one attached hydrogen (secondary N) is 1. The highest BCUT2D eigenvalue weighted by Gasteiger charge is 2.19. The normalized spacial score (nSPS) is 13.7. The zero-order valence-electron chi connectivity index (χ0n) is 15.6. The quantitative estimate of drug-likeness (QED) is 0.698. The fourth-order valence-electron chi connectivity index (χ4n) is 3.20. The molecule has 0 atom stereocenters. The third-order valence-electron chi connectivity index (χ3n) is 4.54. The Hall–Kier alpha value is -3.22. The Labute approximate surface area is 162 Å². The van der Waals surface area contributed by atoms with Gasteiger partial charge in [-0.25, -0.2) is 4.39 Å². The van der Waals surface area contributed by atoms with Crippen LogP contribution in [-0.2, 0) is 4.79 Å². The van der Waals surface area contributed by atoms with Crippen molar-refractivity contribution in [3.63, 3.8) is 0 Å². The number of piperidine rings is 1. The lowest BCUT2D eigenvalue weighted by molar-refractivity contribution is -0.134. The Morgan fingerprint density at radius 3 is 2.54 bits per heavy atom. The SMILES string of the molecule is CC(=O)O.O=C(c1cc(-c2cnc3cc(F)ccc3c2)c[nH]1)N1CCCCC1. The molecular weight excluding hydrogens is 361 g/mol. The Morgan fingerprint density at radius 1 is 1.11 bits per heavy atom. The highest BCUT2D eigenvalue weighted by molar-refractivity contribution is 5.94. The average Bonchev–Trinajstić information content (AvgIpc) is 3.17.